The Bertz CT molecular complexity index is 803. The fourth-order valence-corrected chi connectivity index (χ4v) is 2.79. The second kappa shape index (κ2) is 7.66. The van der Waals surface area contributed by atoms with Gasteiger partial charge in [-0.2, -0.15) is 0 Å². The highest BCUT2D eigenvalue weighted by molar-refractivity contribution is 5.93. The fraction of sp³-hybridized carbons (Fsp3) is 0.350. The summed E-state index contributed by atoms with van der Waals surface area (Å²) in [6.45, 7) is 5.58. The summed E-state index contributed by atoms with van der Waals surface area (Å²) in [5.74, 6) is 1.94. The number of benzene rings is 2. The lowest BCUT2D eigenvalue weighted by Crippen LogP contribution is -2.28. The number of hydrogen-bond donors (Lipinski definition) is 2. The normalized spacial score (nSPS) is 13.7. The number of ether oxygens (including phenoxy) is 3. The second-order valence-electron chi connectivity index (χ2n) is 6.87. The highest BCUT2D eigenvalue weighted by Gasteiger charge is 2.24. The van der Waals surface area contributed by atoms with Gasteiger partial charge in [0.25, 0.3) is 0 Å². The van der Waals surface area contributed by atoms with Gasteiger partial charge >= 0.3 is 0 Å². The van der Waals surface area contributed by atoms with E-state index in [-0.39, 0.29) is 12.2 Å². The lowest BCUT2D eigenvalue weighted by atomic mass is 9.84. The fourth-order valence-electron chi connectivity index (χ4n) is 2.79. The number of rotatable bonds is 6. The topological polar surface area (TPSA) is 78.1 Å². The molecular weight excluding hydrogens is 330 g/mol. The number of guanidine groups is 1. The lowest BCUT2D eigenvalue weighted by Gasteiger charge is -2.23. The van der Waals surface area contributed by atoms with Crippen LogP contribution in [0.2, 0.25) is 0 Å². The van der Waals surface area contributed by atoms with Gasteiger partial charge in [0.05, 0.1) is 13.2 Å². The molecule has 2 aromatic carbocycles. The third-order valence-corrected chi connectivity index (χ3v) is 4.38. The van der Waals surface area contributed by atoms with Gasteiger partial charge in [-0.15, -0.1) is 0 Å². The van der Waals surface area contributed by atoms with Gasteiger partial charge in [-0.25, -0.2) is 0 Å². The molecule has 0 fully saturated rings. The Morgan fingerprint density at radius 3 is 2.77 bits per heavy atom. The molecule has 2 aromatic rings. The van der Waals surface area contributed by atoms with Gasteiger partial charge < -0.3 is 25.3 Å². The summed E-state index contributed by atoms with van der Waals surface area (Å²) in [6, 6.07) is 13.9. The maximum atomic E-state index is 6.10. The van der Waals surface area contributed by atoms with Crippen molar-refractivity contribution in [3.8, 4) is 11.5 Å². The van der Waals surface area contributed by atoms with Gasteiger partial charge in [0.1, 0.15) is 0 Å². The van der Waals surface area contributed by atoms with E-state index in [4.69, 9.17) is 19.9 Å². The van der Waals surface area contributed by atoms with E-state index >= 15 is 0 Å². The smallest absolute Gasteiger partial charge is 0.231 e. The van der Waals surface area contributed by atoms with E-state index in [0.29, 0.717) is 19.1 Å². The van der Waals surface area contributed by atoms with Gasteiger partial charge in [-0.05, 0) is 23.8 Å². The number of nitrogens with one attached hydrogen (secondary N) is 1. The van der Waals surface area contributed by atoms with Crippen molar-refractivity contribution in [1.29, 1.82) is 0 Å². The first kappa shape index (κ1) is 18.1. The molecular formula is C20H25N3O3. The molecule has 0 aromatic heterocycles. The average molecular weight is 355 g/mol. The number of nitrogens with zero attached hydrogens (tertiary/aromatic N) is 1. The highest BCUT2D eigenvalue weighted by Crippen LogP contribution is 2.36. The summed E-state index contributed by atoms with van der Waals surface area (Å²) >= 11 is 0. The molecule has 0 unspecified atom stereocenters. The van der Waals surface area contributed by atoms with Crippen molar-refractivity contribution in [1.82, 2.24) is 0 Å². The molecule has 6 heteroatoms. The molecule has 26 heavy (non-hydrogen) atoms. The van der Waals surface area contributed by atoms with Crippen LogP contribution in [-0.2, 0) is 16.8 Å². The van der Waals surface area contributed by atoms with E-state index in [2.05, 4.69) is 24.2 Å². The molecule has 3 N–H and O–H groups in total. The Kier molecular flexibility index (Phi) is 5.32. The largest absolute Gasteiger partial charge is 0.454 e. The number of nitrogens with two attached hydrogens (primary N) is 1. The minimum atomic E-state index is -0.195. The molecule has 138 valence electrons. The number of anilines is 1. The van der Waals surface area contributed by atoms with Crippen molar-refractivity contribution >= 4 is 11.6 Å². The summed E-state index contributed by atoms with van der Waals surface area (Å²) in [5, 5.41) is 3.16. The molecule has 1 aliphatic heterocycles. The van der Waals surface area contributed by atoms with Gasteiger partial charge in [0.2, 0.25) is 6.79 Å². The van der Waals surface area contributed by atoms with Gasteiger partial charge in [0.15, 0.2) is 17.5 Å². The maximum Gasteiger partial charge on any atom is 0.231 e. The Labute approximate surface area is 154 Å². The van der Waals surface area contributed by atoms with Crippen molar-refractivity contribution < 1.29 is 14.2 Å². The summed E-state index contributed by atoms with van der Waals surface area (Å²) < 4.78 is 16.1. The van der Waals surface area contributed by atoms with E-state index in [0.717, 1.165) is 28.3 Å². The van der Waals surface area contributed by atoms with Crippen LogP contribution in [0.4, 0.5) is 5.69 Å². The standard InChI is InChI=1S/C20H25N3O3/c1-20(2,15-8-9-17-18(10-15)26-13-25-17)12-22-19(21)23-16-7-5-4-6-14(16)11-24-3/h4-10H,11-13H2,1-3H3,(H3,21,22,23). The molecule has 1 heterocycles. The van der Waals surface area contributed by atoms with E-state index < -0.39 is 0 Å². The first-order chi connectivity index (χ1) is 12.5. The second-order valence-corrected chi connectivity index (χ2v) is 6.87. The summed E-state index contributed by atoms with van der Waals surface area (Å²) in [4.78, 5) is 4.53. The van der Waals surface area contributed by atoms with Crippen molar-refractivity contribution in [3.05, 3.63) is 53.6 Å². The van der Waals surface area contributed by atoms with Crippen molar-refractivity contribution in [3.63, 3.8) is 0 Å². The number of methoxy groups -OCH3 is 1. The van der Waals surface area contributed by atoms with Crippen LogP contribution in [0.3, 0.4) is 0 Å². The summed E-state index contributed by atoms with van der Waals surface area (Å²) in [5.41, 5.74) is 8.96. The number of hydrogen-bond acceptors (Lipinski definition) is 4. The van der Waals surface area contributed by atoms with Gasteiger partial charge in [-0.1, -0.05) is 38.1 Å². The summed E-state index contributed by atoms with van der Waals surface area (Å²) in [7, 11) is 1.67. The molecule has 3 rings (SSSR count). The predicted molar refractivity (Wildman–Crippen MR) is 103 cm³/mol. The van der Waals surface area contributed by atoms with Crippen molar-refractivity contribution in [2.24, 2.45) is 10.7 Å². The molecule has 6 nitrogen and oxygen atoms in total. The number of para-hydroxylation sites is 1. The van der Waals surface area contributed by atoms with Crippen LogP contribution in [0.5, 0.6) is 11.5 Å². The lowest BCUT2D eigenvalue weighted by molar-refractivity contribution is 0.174. The van der Waals surface area contributed by atoms with Crippen LogP contribution in [0.25, 0.3) is 0 Å². The minimum absolute atomic E-state index is 0.195. The quantitative estimate of drug-likeness (QED) is 0.614. The molecule has 0 atom stereocenters. The van der Waals surface area contributed by atoms with E-state index in [1.165, 1.54) is 0 Å². The molecule has 0 amide bonds. The molecule has 0 aliphatic carbocycles. The van der Waals surface area contributed by atoms with E-state index in [9.17, 15) is 0 Å². The van der Waals surface area contributed by atoms with Crippen LogP contribution in [0, 0.1) is 0 Å². The Morgan fingerprint density at radius 1 is 1.19 bits per heavy atom. The van der Waals surface area contributed by atoms with Gasteiger partial charge in [0, 0.05) is 23.8 Å². The van der Waals surface area contributed by atoms with E-state index in [1.54, 1.807) is 7.11 Å². The highest BCUT2D eigenvalue weighted by atomic mass is 16.7. The zero-order chi connectivity index (χ0) is 18.6. The number of fused-ring (bicyclic) bond motifs is 1. The monoisotopic (exact) mass is 355 g/mol. The molecule has 0 spiro atoms. The van der Waals surface area contributed by atoms with Crippen molar-refractivity contribution in [2.45, 2.75) is 25.9 Å². The Hall–Kier alpha value is -2.73. The third-order valence-electron chi connectivity index (χ3n) is 4.38. The molecule has 0 bridgehead atoms. The predicted octanol–water partition coefficient (Wildman–Crippen LogP) is 3.27. The van der Waals surface area contributed by atoms with Crippen LogP contribution in [0.1, 0.15) is 25.0 Å². The zero-order valence-electron chi connectivity index (χ0n) is 15.4. The van der Waals surface area contributed by atoms with Crippen molar-refractivity contribution in [2.75, 3.05) is 25.8 Å². The average Bonchev–Trinajstić information content (AvgIpc) is 3.10. The number of aliphatic imine (C=N–C) groups is 1. The molecule has 1 aliphatic rings. The Balaban J connectivity index is 1.70. The molecule has 0 saturated heterocycles. The van der Waals surface area contributed by atoms with Crippen LogP contribution in [-0.4, -0.2) is 26.4 Å². The third kappa shape index (κ3) is 4.08. The minimum Gasteiger partial charge on any atom is -0.454 e. The van der Waals surface area contributed by atoms with Crippen LogP contribution >= 0.6 is 0 Å². The zero-order valence-corrected chi connectivity index (χ0v) is 15.4. The molecule has 0 radical (unpaired) electrons. The Morgan fingerprint density at radius 2 is 1.96 bits per heavy atom. The SMILES string of the molecule is COCc1ccccc1NC(N)=NCC(C)(C)c1ccc2c(c1)OCO2. The maximum absolute atomic E-state index is 6.10. The van der Waals surface area contributed by atoms with E-state index in [1.807, 2.05) is 42.5 Å². The van der Waals surface area contributed by atoms with Crippen LogP contribution in [0.15, 0.2) is 47.5 Å². The molecule has 0 saturated carbocycles. The van der Waals surface area contributed by atoms with Crippen LogP contribution < -0.4 is 20.5 Å². The summed E-state index contributed by atoms with van der Waals surface area (Å²) in [6.07, 6.45) is 0. The first-order valence-corrected chi connectivity index (χ1v) is 8.53. The first-order valence-electron chi connectivity index (χ1n) is 8.53. The van der Waals surface area contributed by atoms with Gasteiger partial charge in [-0.3, -0.25) is 4.99 Å².